The van der Waals surface area contributed by atoms with Gasteiger partial charge < -0.3 is 10.6 Å². The lowest BCUT2D eigenvalue weighted by Crippen LogP contribution is -2.51. The molecule has 2 amide bonds. The van der Waals surface area contributed by atoms with Crippen LogP contribution in [0.15, 0.2) is 18.3 Å². The molecule has 0 saturated heterocycles. The van der Waals surface area contributed by atoms with Crippen LogP contribution in [0.1, 0.15) is 6.92 Å². The Morgan fingerprint density at radius 3 is 3.00 bits per heavy atom. The molecule has 1 atom stereocenters. The van der Waals surface area contributed by atoms with Crippen LogP contribution in [0, 0.1) is 0 Å². The summed E-state index contributed by atoms with van der Waals surface area (Å²) in [6.45, 7) is 1.45. The Bertz CT molecular complexity index is 563. The molecule has 0 spiro atoms. The van der Waals surface area contributed by atoms with E-state index in [-0.39, 0.29) is 18.9 Å². The van der Waals surface area contributed by atoms with Crippen molar-refractivity contribution in [2.75, 3.05) is 23.3 Å². The first-order valence-corrected chi connectivity index (χ1v) is 6.04. The second kappa shape index (κ2) is 5.73. The average molecular weight is 272 g/mol. The number of pyridine rings is 1. The molecule has 7 nitrogen and oxygen atoms in total. The quantitative estimate of drug-likeness (QED) is 0.735. The molecular formula is C12H13BN4O3. The Hall–Kier alpha value is -2.38. The molecule has 1 aromatic heterocycles. The zero-order valence-electron chi connectivity index (χ0n) is 10.9. The smallest absolute Gasteiger partial charge is 0.251 e. The van der Waals surface area contributed by atoms with Crippen LogP contribution in [0.3, 0.4) is 0 Å². The van der Waals surface area contributed by atoms with E-state index >= 15 is 0 Å². The third-order valence-corrected chi connectivity index (χ3v) is 2.81. The number of fused-ring (bicyclic) bond motifs is 1. The molecule has 102 valence electrons. The monoisotopic (exact) mass is 272 g/mol. The number of anilines is 2. The van der Waals surface area contributed by atoms with Crippen molar-refractivity contribution in [2.24, 2.45) is 0 Å². The molecule has 0 saturated carbocycles. The first-order chi connectivity index (χ1) is 9.49. The van der Waals surface area contributed by atoms with Crippen LogP contribution < -0.4 is 15.5 Å². The molecule has 20 heavy (non-hydrogen) atoms. The zero-order chi connectivity index (χ0) is 14.7. The van der Waals surface area contributed by atoms with Crippen molar-refractivity contribution in [3.63, 3.8) is 0 Å². The van der Waals surface area contributed by atoms with Gasteiger partial charge in [0.15, 0.2) is 5.81 Å². The number of ketones is 1. The topological polar surface area (TPSA) is 91.4 Å². The lowest BCUT2D eigenvalue weighted by molar-refractivity contribution is -0.122. The summed E-state index contributed by atoms with van der Waals surface area (Å²) in [6, 6.07) is 2.51. The number of aromatic nitrogens is 1. The lowest BCUT2D eigenvalue weighted by Gasteiger charge is -2.23. The van der Waals surface area contributed by atoms with Crippen molar-refractivity contribution >= 4 is 36.8 Å². The summed E-state index contributed by atoms with van der Waals surface area (Å²) in [5.41, 5.74) is 0.501. The van der Waals surface area contributed by atoms with Gasteiger partial charge in [-0.2, -0.15) is 0 Å². The molecule has 2 heterocycles. The maximum atomic E-state index is 12.4. The summed E-state index contributed by atoms with van der Waals surface area (Å²) in [5, 5.41) is 5.31. The van der Waals surface area contributed by atoms with E-state index in [9.17, 15) is 14.4 Å². The number of nitrogens with one attached hydrogen (secondary N) is 2. The third kappa shape index (κ3) is 2.96. The minimum Gasteiger partial charge on any atom is -0.366 e. The van der Waals surface area contributed by atoms with Crippen molar-refractivity contribution < 1.29 is 14.4 Å². The number of Topliss-reactive ketones (excluding diaryl/α,β-unsaturated/α-hetero) is 1. The van der Waals surface area contributed by atoms with E-state index in [0.29, 0.717) is 11.5 Å². The van der Waals surface area contributed by atoms with Crippen molar-refractivity contribution in [1.29, 1.82) is 0 Å². The first kappa shape index (κ1) is 14.0. The minimum atomic E-state index is -0.846. The fourth-order valence-electron chi connectivity index (χ4n) is 2.01. The molecule has 2 radical (unpaired) electrons. The van der Waals surface area contributed by atoms with E-state index in [0.717, 1.165) is 0 Å². The van der Waals surface area contributed by atoms with Crippen LogP contribution in [0.2, 0.25) is 0 Å². The molecular weight excluding hydrogens is 259 g/mol. The van der Waals surface area contributed by atoms with Crippen LogP contribution in [0.5, 0.6) is 0 Å². The van der Waals surface area contributed by atoms with Gasteiger partial charge in [0.05, 0.1) is 12.2 Å². The molecule has 1 aliphatic rings. The second-order valence-corrected chi connectivity index (χ2v) is 4.44. The molecule has 1 aromatic rings. The van der Waals surface area contributed by atoms with Gasteiger partial charge in [-0.1, -0.05) is 0 Å². The van der Waals surface area contributed by atoms with E-state index in [1.54, 1.807) is 18.3 Å². The number of rotatable bonds is 3. The molecule has 0 bridgehead atoms. The van der Waals surface area contributed by atoms with Crippen LogP contribution in [-0.2, 0) is 9.59 Å². The van der Waals surface area contributed by atoms with Gasteiger partial charge in [0.1, 0.15) is 17.6 Å². The molecule has 0 aliphatic carbocycles. The van der Waals surface area contributed by atoms with Crippen molar-refractivity contribution in [3.05, 3.63) is 18.3 Å². The van der Waals surface area contributed by atoms with E-state index in [4.69, 9.17) is 7.85 Å². The van der Waals surface area contributed by atoms with Gasteiger partial charge in [0, 0.05) is 12.7 Å². The number of amides is 2. The summed E-state index contributed by atoms with van der Waals surface area (Å²) in [4.78, 5) is 40.2. The Morgan fingerprint density at radius 2 is 2.35 bits per heavy atom. The SMILES string of the molecule is [B]C(=O)N[C@H]1CNc2ncccc2N(CC(C)=O)C1=O. The minimum absolute atomic E-state index is 0.0872. The van der Waals surface area contributed by atoms with E-state index in [1.165, 1.54) is 11.8 Å². The molecule has 0 aromatic carbocycles. The summed E-state index contributed by atoms with van der Waals surface area (Å²) in [7, 11) is 5.06. The highest BCUT2D eigenvalue weighted by Crippen LogP contribution is 2.26. The van der Waals surface area contributed by atoms with Gasteiger partial charge in [0.25, 0.3) is 5.91 Å². The van der Waals surface area contributed by atoms with Crippen LogP contribution >= 0.6 is 0 Å². The van der Waals surface area contributed by atoms with Gasteiger partial charge in [0.2, 0.25) is 7.85 Å². The van der Waals surface area contributed by atoms with Crippen molar-refractivity contribution in [2.45, 2.75) is 13.0 Å². The van der Waals surface area contributed by atoms with E-state index < -0.39 is 17.8 Å². The highest BCUT2D eigenvalue weighted by Gasteiger charge is 2.31. The Kier molecular flexibility index (Phi) is 4.02. The molecule has 8 heteroatoms. The normalized spacial score (nSPS) is 17.8. The Labute approximate surface area is 117 Å². The molecule has 2 N–H and O–H groups in total. The van der Waals surface area contributed by atoms with Gasteiger partial charge >= 0.3 is 0 Å². The molecule has 2 rings (SSSR count). The largest absolute Gasteiger partial charge is 0.366 e. The van der Waals surface area contributed by atoms with Gasteiger partial charge in [-0.25, -0.2) is 4.98 Å². The number of carbonyl (C=O) groups excluding carboxylic acids is 3. The van der Waals surface area contributed by atoms with Crippen LogP contribution in [0.4, 0.5) is 16.3 Å². The Balaban J connectivity index is 2.37. The van der Waals surface area contributed by atoms with Gasteiger partial charge in [-0.15, -0.1) is 0 Å². The first-order valence-electron chi connectivity index (χ1n) is 6.04. The summed E-state index contributed by atoms with van der Waals surface area (Å²) in [5.74, 6) is -0.895. The number of nitrogens with zero attached hydrogens (tertiary/aromatic N) is 2. The fraction of sp³-hybridized carbons (Fsp3) is 0.333. The van der Waals surface area contributed by atoms with E-state index in [1.807, 2.05) is 0 Å². The number of hydrogen-bond acceptors (Lipinski definition) is 5. The fourth-order valence-corrected chi connectivity index (χ4v) is 2.01. The highest BCUT2D eigenvalue weighted by molar-refractivity contribution is 6.57. The lowest BCUT2D eigenvalue weighted by atomic mass is 10.1. The maximum Gasteiger partial charge on any atom is 0.251 e. The maximum absolute atomic E-state index is 12.4. The number of carbonyl (C=O) groups is 3. The standard InChI is InChI=1S/C12H13BN4O3/c1-7(18)6-17-9-3-2-4-14-10(9)15-5-8(11(17)19)16-12(13)20/h2-4,8H,5-6H2,1H3,(H,14,15)(H,16,20)/t8-/m0/s1. The predicted molar refractivity (Wildman–Crippen MR) is 73.8 cm³/mol. The summed E-state index contributed by atoms with van der Waals surface area (Å²) >= 11 is 0. The van der Waals surface area contributed by atoms with E-state index in [2.05, 4.69) is 15.6 Å². The summed E-state index contributed by atoms with van der Waals surface area (Å²) < 4.78 is 0. The van der Waals surface area contributed by atoms with Crippen LogP contribution in [0.25, 0.3) is 0 Å². The van der Waals surface area contributed by atoms with Gasteiger partial charge in [-0.05, 0) is 19.1 Å². The molecule has 1 aliphatic heterocycles. The molecule has 0 fully saturated rings. The number of hydrogen-bond donors (Lipinski definition) is 2. The van der Waals surface area contributed by atoms with Crippen LogP contribution in [-0.4, -0.2) is 49.5 Å². The summed E-state index contributed by atoms with van der Waals surface area (Å²) in [6.07, 6.45) is 1.57. The predicted octanol–water partition coefficient (Wildman–Crippen LogP) is -0.324. The third-order valence-electron chi connectivity index (χ3n) is 2.81. The van der Waals surface area contributed by atoms with Crippen molar-refractivity contribution in [1.82, 2.24) is 10.3 Å². The highest BCUT2D eigenvalue weighted by atomic mass is 16.2. The van der Waals surface area contributed by atoms with Crippen molar-refractivity contribution in [3.8, 4) is 0 Å². The van der Waals surface area contributed by atoms with Gasteiger partial charge in [-0.3, -0.25) is 19.3 Å². The Morgan fingerprint density at radius 1 is 1.60 bits per heavy atom. The average Bonchev–Trinajstić information content (AvgIpc) is 2.50. The second-order valence-electron chi connectivity index (χ2n) is 4.44. The molecule has 0 unspecified atom stereocenters. The zero-order valence-corrected chi connectivity index (χ0v) is 10.9.